The van der Waals surface area contributed by atoms with Gasteiger partial charge < -0.3 is 6.15 Å². The molecular formula is H3BCoFeN. The van der Waals surface area contributed by atoms with Crippen LogP contribution in [0.3, 0.4) is 0 Å². The van der Waals surface area contributed by atoms with Gasteiger partial charge in [-0.3, -0.25) is 0 Å². The molecule has 0 unspecified atom stereocenters. The summed E-state index contributed by atoms with van der Waals surface area (Å²) in [6.07, 6.45) is 0. The van der Waals surface area contributed by atoms with Crippen LogP contribution in [0.1, 0.15) is 0 Å². The monoisotopic (exact) mass is 143 g/mol. The summed E-state index contributed by atoms with van der Waals surface area (Å²) in [5.41, 5.74) is 0. The third-order valence-electron chi connectivity index (χ3n) is 0. The van der Waals surface area contributed by atoms with Crippen molar-refractivity contribution in [1.29, 1.82) is 0 Å². The van der Waals surface area contributed by atoms with Crippen LogP contribution in [0.25, 0.3) is 6.15 Å². The largest absolute Gasteiger partial charge is 3.00 e. The van der Waals surface area contributed by atoms with Gasteiger partial charge in [0, 0.05) is 16.8 Å². The minimum absolute atomic E-state index is 0. The SMILES string of the molecule is B.[Co].[Fe+3].[N-3]. The van der Waals surface area contributed by atoms with E-state index in [1.165, 1.54) is 0 Å². The van der Waals surface area contributed by atoms with Crippen molar-refractivity contribution < 1.29 is 33.8 Å². The summed E-state index contributed by atoms with van der Waals surface area (Å²) in [7, 11) is 0. The molecule has 2 radical (unpaired) electrons. The average molecular weight is 143 g/mol. The summed E-state index contributed by atoms with van der Waals surface area (Å²) in [5, 5.41) is 0. The Labute approximate surface area is 48.7 Å². The van der Waals surface area contributed by atoms with E-state index in [0.717, 1.165) is 0 Å². The molecule has 1 nitrogen and oxygen atoms in total. The molecule has 0 atom stereocenters. The van der Waals surface area contributed by atoms with Gasteiger partial charge in [-0.25, -0.2) is 0 Å². The second-order valence-corrected chi connectivity index (χ2v) is 0. The number of hydrogen-bond donors (Lipinski definition) is 0. The van der Waals surface area contributed by atoms with E-state index in [1.807, 2.05) is 0 Å². The van der Waals surface area contributed by atoms with E-state index in [0.29, 0.717) is 0 Å². The summed E-state index contributed by atoms with van der Waals surface area (Å²) in [5.74, 6) is 0. The molecule has 0 amide bonds. The van der Waals surface area contributed by atoms with Gasteiger partial charge in [0.15, 0.2) is 0 Å². The molecule has 28 valence electrons. The standard InChI is InChI=1S/BH3.Co.Fe.N/h1H3;;;/q;;+3;-3. The molecule has 4 heteroatoms. The number of rotatable bonds is 0. The van der Waals surface area contributed by atoms with Crippen molar-refractivity contribution in [2.45, 2.75) is 0 Å². The van der Waals surface area contributed by atoms with Gasteiger partial charge in [-0.15, -0.1) is 0 Å². The van der Waals surface area contributed by atoms with Crippen LogP contribution in [0.15, 0.2) is 0 Å². The van der Waals surface area contributed by atoms with Crippen molar-refractivity contribution in [3.8, 4) is 0 Å². The normalized spacial score (nSPS) is 0. The van der Waals surface area contributed by atoms with Crippen molar-refractivity contribution in [2.75, 3.05) is 0 Å². The summed E-state index contributed by atoms with van der Waals surface area (Å²) in [4.78, 5) is 0. The Hall–Kier alpha value is 1.05. The van der Waals surface area contributed by atoms with E-state index in [9.17, 15) is 0 Å². The molecule has 0 saturated carbocycles. The van der Waals surface area contributed by atoms with Crippen LogP contribution in [0.4, 0.5) is 0 Å². The first-order chi connectivity index (χ1) is 0. The molecule has 0 aromatic carbocycles. The van der Waals surface area contributed by atoms with E-state index in [1.54, 1.807) is 0 Å². The second-order valence-electron chi connectivity index (χ2n) is 0. The van der Waals surface area contributed by atoms with Gasteiger partial charge in [0.25, 0.3) is 0 Å². The van der Waals surface area contributed by atoms with Crippen LogP contribution in [0, 0.1) is 0 Å². The summed E-state index contributed by atoms with van der Waals surface area (Å²) >= 11 is 0. The van der Waals surface area contributed by atoms with Crippen LogP contribution >= 0.6 is 0 Å². The maximum absolute atomic E-state index is 0. The van der Waals surface area contributed by atoms with E-state index < -0.39 is 0 Å². The van der Waals surface area contributed by atoms with E-state index in [2.05, 4.69) is 0 Å². The summed E-state index contributed by atoms with van der Waals surface area (Å²) in [6.45, 7) is 0. The Morgan fingerprint density at radius 3 is 1.00 bits per heavy atom. The fraction of sp³-hybridized carbons (Fsp3) is 0. The van der Waals surface area contributed by atoms with Gasteiger partial charge in [0.05, 0.1) is 8.41 Å². The minimum atomic E-state index is 0. The van der Waals surface area contributed by atoms with Crippen LogP contribution in [-0.4, -0.2) is 8.41 Å². The third kappa shape index (κ3) is 11.6. The van der Waals surface area contributed by atoms with Crippen LogP contribution in [0.2, 0.25) is 0 Å². The molecule has 0 aliphatic rings. The quantitative estimate of drug-likeness (QED) is 0.393. The van der Waals surface area contributed by atoms with Gasteiger partial charge in [-0.05, 0) is 0 Å². The number of hydrogen-bond acceptors (Lipinski definition) is 0. The van der Waals surface area contributed by atoms with Crippen molar-refractivity contribution in [2.24, 2.45) is 0 Å². The molecule has 0 aliphatic heterocycles. The van der Waals surface area contributed by atoms with E-state index in [-0.39, 0.29) is 48.4 Å². The molecule has 0 aromatic heterocycles. The van der Waals surface area contributed by atoms with E-state index in [4.69, 9.17) is 0 Å². The van der Waals surface area contributed by atoms with Gasteiger partial charge in [0.1, 0.15) is 0 Å². The first kappa shape index (κ1) is 75.0. The first-order valence-electron chi connectivity index (χ1n) is 0. The smallest absolute Gasteiger partial charge is 3.00 e. The molecule has 4 heavy (non-hydrogen) atoms. The second kappa shape index (κ2) is 34.1. The zero-order valence-corrected chi connectivity index (χ0v) is 3.28. The third-order valence-corrected chi connectivity index (χ3v) is 0. The van der Waals surface area contributed by atoms with Gasteiger partial charge in [0.2, 0.25) is 0 Å². The Morgan fingerprint density at radius 2 is 1.00 bits per heavy atom. The maximum atomic E-state index is 0. The summed E-state index contributed by atoms with van der Waals surface area (Å²) in [6, 6.07) is 0. The molecule has 0 heterocycles. The zero-order chi connectivity index (χ0) is 0. The molecule has 0 saturated heterocycles. The molecule has 0 aliphatic carbocycles. The molecule has 0 spiro atoms. The molecule has 0 aromatic rings. The van der Waals surface area contributed by atoms with Crippen LogP contribution < -0.4 is 0 Å². The molecule has 0 bridgehead atoms. The predicted molar refractivity (Wildman–Crippen MR) is 13.3 cm³/mol. The van der Waals surface area contributed by atoms with Crippen LogP contribution in [0.5, 0.6) is 0 Å². The maximum Gasteiger partial charge on any atom is 3.00 e. The molecule has 0 rings (SSSR count). The fourth-order valence-electron chi connectivity index (χ4n) is 0. The van der Waals surface area contributed by atoms with Crippen molar-refractivity contribution in [1.82, 2.24) is 0 Å². The first-order valence-corrected chi connectivity index (χ1v) is 0. The van der Waals surface area contributed by atoms with Crippen molar-refractivity contribution in [3.05, 3.63) is 6.15 Å². The topological polar surface area (TPSA) is 30.5 Å². The molecule has 0 N–H and O–H groups in total. The summed E-state index contributed by atoms with van der Waals surface area (Å²) < 4.78 is 0. The van der Waals surface area contributed by atoms with Crippen LogP contribution in [-0.2, 0) is 33.8 Å². The Morgan fingerprint density at radius 1 is 1.00 bits per heavy atom. The Bertz CT molecular complexity index is 8.00. The average Bonchev–Trinajstić information content (AvgIpc) is 0. The predicted octanol–water partition coefficient (Wildman–Crippen LogP) is -0.900. The Balaban J connectivity index is 0. The van der Waals surface area contributed by atoms with Gasteiger partial charge in [-0.2, -0.15) is 0 Å². The Kier molecular flexibility index (Phi) is 641. The zero-order valence-electron chi connectivity index (χ0n) is 1.13. The minimum Gasteiger partial charge on any atom is -3.00 e. The van der Waals surface area contributed by atoms with E-state index >= 15 is 0 Å². The fourth-order valence-corrected chi connectivity index (χ4v) is 0. The molecular weight excluding hydrogens is 140 g/mol. The van der Waals surface area contributed by atoms with Crippen molar-refractivity contribution >= 4 is 8.41 Å². The van der Waals surface area contributed by atoms with Crippen molar-refractivity contribution in [3.63, 3.8) is 0 Å². The molecule has 0 fully saturated rings. The van der Waals surface area contributed by atoms with Gasteiger partial charge >= 0.3 is 17.1 Å². The van der Waals surface area contributed by atoms with Gasteiger partial charge in [-0.1, -0.05) is 0 Å². The number of nitrogens with zero attached hydrogens (tertiary/aromatic N) is 1.